The van der Waals surface area contributed by atoms with E-state index in [0.717, 1.165) is 29.2 Å². The van der Waals surface area contributed by atoms with Crippen LogP contribution >= 0.6 is 0 Å². The SMILES string of the molecule is CC(C)CCOC(=O)[C@]12CCC[C@@]1(O)Oc1ccc3ccccc3c12. The van der Waals surface area contributed by atoms with E-state index in [1.807, 2.05) is 36.4 Å². The summed E-state index contributed by atoms with van der Waals surface area (Å²) in [6, 6.07) is 11.8. The standard InChI is InChI=1S/C21H24O4/c1-14(2)10-13-24-19(22)20-11-5-12-21(20,23)25-17-9-8-15-6-3-4-7-16(15)18(17)20/h3-4,6-9,14,23H,5,10-13H2,1-2H3/t20-,21-/m1/s1. The molecule has 0 radical (unpaired) electrons. The Bertz CT molecular complexity index is 828. The average molecular weight is 340 g/mol. The summed E-state index contributed by atoms with van der Waals surface area (Å²) >= 11 is 0. The Morgan fingerprint density at radius 1 is 1.24 bits per heavy atom. The first kappa shape index (κ1) is 16.4. The van der Waals surface area contributed by atoms with Crippen molar-refractivity contribution in [1.29, 1.82) is 0 Å². The fourth-order valence-electron chi connectivity index (χ4n) is 4.29. The van der Waals surface area contributed by atoms with Crippen molar-refractivity contribution in [3.05, 3.63) is 42.0 Å². The van der Waals surface area contributed by atoms with Gasteiger partial charge < -0.3 is 14.6 Å². The number of hydrogen-bond donors (Lipinski definition) is 1. The fourth-order valence-corrected chi connectivity index (χ4v) is 4.29. The molecule has 4 nitrogen and oxygen atoms in total. The van der Waals surface area contributed by atoms with E-state index in [-0.39, 0.29) is 5.97 Å². The Labute approximate surface area is 147 Å². The maximum Gasteiger partial charge on any atom is 0.323 e. The summed E-state index contributed by atoms with van der Waals surface area (Å²) < 4.78 is 11.6. The largest absolute Gasteiger partial charge is 0.465 e. The summed E-state index contributed by atoms with van der Waals surface area (Å²) in [6.45, 7) is 4.56. The number of hydrogen-bond acceptors (Lipinski definition) is 4. The molecule has 0 spiro atoms. The highest BCUT2D eigenvalue weighted by molar-refractivity contribution is 5.98. The first-order chi connectivity index (χ1) is 12.0. The summed E-state index contributed by atoms with van der Waals surface area (Å²) in [5, 5.41) is 13.2. The highest BCUT2D eigenvalue weighted by atomic mass is 16.6. The first-order valence-electron chi connectivity index (χ1n) is 9.09. The van der Waals surface area contributed by atoms with Crippen LogP contribution in [0, 0.1) is 5.92 Å². The Morgan fingerprint density at radius 2 is 2.04 bits per heavy atom. The molecule has 0 bridgehead atoms. The summed E-state index contributed by atoms with van der Waals surface area (Å²) in [5.41, 5.74) is -0.333. The van der Waals surface area contributed by atoms with Gasteiger partial charge in [0, 0.05) is 12.0 Å². The number of rotatable bonds is 4. The van der Waals surface area contributed by atoms with Gasteiger partial charge in [-0.3, -0.25) is 4.79 Å². The summed E-state index contributed by atoms with van der Waals surface area (Å²) in [4.78, 5) is 13.2. The van der Waals surface area contributed by atoms with Crippen LogP contribution < -0.4 is 4.74 Å². The van der Waals surface area contributed by atoms with E-state index >= 15 is 0 Å². The van der Waals surface area contributed by atoms with Gasteiger partial charge in [0.15, 0.2) is 5.41 Å². The molecule has 0 aromatic heterocycles. The van der Waals surface area contributed by atoms with Crippen LogP contribution in [-0.4, -0.2) is 23.5 Å². The molecular weight excluding hydrogens is 316 g/mol. The quantitative estimate of drug-likeness (QED) is 0.857. The number of aliphatic hydroxyl groups is 1. The third-order valence-corrected chi connectivity index (χ3v) is 5.61. The summed E-state index contributed by atoms with van der Waals surface area (Å²) in [6.07, 6.45) is 2.53. The Hall–Kier alpha value is -2.07. The maximum atomic E-state index is 13.2. The molecule has 2 aromatic rings. The lowest BCUT2D eigenvalue weighted by Gasteiger charge is -2.33. The van der Waals surface area contributed by atoms with E-state index in [1.54, 1.807) is 0 Å². The van der Waals surface area contributed by atoms with Gasteiger partial charge in [0.05, 0.1) is 6.61 Å². The van der Waals surface area contributed by atoms with E-state index in [0.29, 0.717) is 31.1 Å². The van der Waals surface area contributed by atoms with Gasteiger partial charge in [0.25, 0.3) is 0 Å². The maximum absolute atomic E-state index is 13.2. The van der Waals surface area contributed by atoms with Gasteiger partial charge >= 0.3 is 5.97 Å². The minimum Gasteiger partial charge on any atom is -0.465 e. The van der Waals surface area contributed by atoms with Crippen LogP contribution in [0.15, 0.2) is 36.4 Å². The second-order valence-electron chi connectivity index (χ2n) is 7.62. The number of fused-ring (bicyclic) bond motifs is 5. The van der Waals surface area contributed by atoms with Gasteiger partial charge in [-0.2, -0.15) is 0 Å². The Balaban J connectivity index is 1.83. The minimum atomic E-state index is -1.51. The highest BCUT2D eigenvalue weighted by Crippen LogP contribution is 2.59. The normalized spacial score (nSPS) is 27.2. The molecule has 1 N–H and O–H groups in total. The van der Waals surface area contributed by atoms with Gasteiger partial charge in [0.2, 0.25) is 5.79 Å². The van der Waals surface area contributed by atoms with Crippen molar-refractivity contribution >= 4 is 16.7 Å². The van der Waals surface area contributed by atoms with Crippen LogP contribution in [0.1, 0.15) is 45.1 Å². The molecule has 1 fully saturated rings. The molecular formula is C21H24O4. The van der Waals surface area contributed by atoms with E-state index in [2.05, 4.69) is 13.8 Å². The summed E-state index contributed by atoms with van der Waals surface area (Å²) in [7, 11) is 0. The molecule has 2 atom stereocenters. The predicted octanol–water partition coefficient (Wildman–Crippen LogP) is 3.93. The van der Waals surface area contributed by atoms with Crippen molar-refractivity contribution in [1.82, 2.24) is 0 Å². The van der Waals surface area contributed by atoms with Crippen LogP contribution in [0.2, 0.25) is 0 Å². The first-order valence-corrected chi connectivity index (χ1v) is 9.09. The van der Waals surface area contributed by atoms with E-state index in [1.165, 1.54) is 0 Å². The van der Waals surface area contributed by atoms with Gasteiger partial charge in [0.1, 0.15) is 5.75 Å². The topological polar surface area (TPSA) is 55.8 Å². The van der Waals surface area contributed by atoms with Crippen LogP contribution in [0.4, 0.5) is 0 Å². The lowest BCUT2D eigenvalue weighted by molar-refractivity contribution is -0.188. The molecule has 4 heteroatoms. The highest BCUT2D eigenvalue weighted by Gasteiger charge is 2.68. The van der Waals surface area contributed by atoms with Crippen LogP contribution in [0.25, 0.3) is 10.8 Å². The predicted molar refractivity (Wildman–Crippen MR) is 95.5 cm³/mol. The number of carbonyl (C=O) groups is 1. The van der Waals surface area contributed by atoms with Gasteiger partial charge in [-0.25, -0.2) is 0 Å². The number of ether oxygens (including phenoxy) is 2. The minimum absolute atomic E-state index is 0.358. The van der Waals surface area contributed by atoms with Crippen molar-refractivity contribution in [2.24, 2.45) is 5.92 Å². The molecule has 132 valence electrons. The van der Waals surface area contributed by atoms with E-state index in [4.69, 9.17) is 9.47 Å². The molecule has 1 aliphatic heterocycles. The lowest BCUT2D eigenvalue weighted by atomic mass is 9.74. The zero-order valence-corrected chi connectivity index (χ0v) is 14.7. The molecule has 1 aliphatic carbocycles. The zero-order valence-electron chi connectivity index (χ0n) is 14.7. The summed E-state index contributed by atoms with van der Waals surface area (Å²) in [5.74, 6) is -0.806. The third-order valence-electron chi connectivity index (χ3n) is 5.61. The van der Waals surface area contributed by atoms with Crippen LogP contribution in [0.5, 0.6) is 5.75 Å². The van der Waals surface area contributed by atoms with Crippen molar-refractivity contribution in [3.63, 3.8) is 0 Å². The van der Waals surface area contributed by atoms with E-state index < -0.39 is 11.2 Å². The van der Waals surface area contributed by atoms with Crippen molar-refractivity contribution in [2.75, 3.05) is 6.61 Å². The smallest absolute Gasteiger partial charge is 0.323 e. The molecule has 1 heterocycles. The van der Waals surface area contributed by atoms with Crippen molar-refractivity contribution in [2.45, 2.75) is 50.7 Å². The van der Waals surface area contributed by atoms with Crippen molar-refractivity contribution in [3.8, 4) is 5.75 Å². The van der Waals surface area contributed by atoms with Gasteiger partial charge in [-0.05, 0) is 42.0 Å². The molecule has 2 aromatic carbocycles. The number of benzene rings is 2. The molecule has 1 saturated carbocycles. The molecule has 0 unspecified atom stereocenters. The number of esters is 1. The number of carbonyl (C=O) groups excluding carboxylic acids is 1. The molecule has 0 saturated heterocycles. The Morgan fingerprint density at radius 3 is 2.84 bits per heavy atom. The lowest BCUT2D eigenvalue weighted by Crippen LogP contribution is -2.53. The Kier molecular flexibility index (Phi) is 3.76. The monoisotopic (exact) mass is 340 g/mol. The van der Waals surface area contributed by atoms with Crippen LogP contribution in [-0.2, 0) is 14.9 Å². The molecule has 2 aliphatic rings. The van der Waals surface area contributed by atoms with E-state index in [9.17, 15) is 9.90 Å². The molecule has 4 rings (SSSR count). The second kappa shape index (κ2) is 5.73. The third kappa shape index (κ3) is 2.27. The molecule has 25 heavy (non-hydrogen) atoms. The van der Waals surface area contributed by atoms with Gasteiger partial charge in [-0.1, -0.05) is 44.2 Å². The zero-order chi connectivity index (χ0) is 17.7. The average Bonchev–Trinajstić information content (AvgIpc) is 3.03. The van der Waals surface area contributed by atoms with Crippen molar-refractivity contribution < 1.29 is 19.4 Å². The fraction of sp³-hybridized carbons (Fsp3) is 0.476. The van der Waals surface area contributed by atoms with Gasteiger partial charge in [-0.15, -0.1) is 0 Å². The van der Waals surface area contributed by atoms with Crippen LogP contribution in [0.3, 0.4) is 0 Å². The molecule has 0 amide bonds. The second-order valence-corrected chi connectivity index (χ2v) is 7.62.